The number of benzene rings is 2. The Hall–Kier alpha value is -3.41. The maximum absolute atomic E-state index is 13.0. The highest BCUT2D eigenvalue weighted by Crippen LogP contribution is 2.31. The molecule has 11 heteroatoms. The maximum Gasteiger partial charge on any atom is 0.322 e. The van der Waals surface area contributed by atoms with Crippen molar-refractivity contribution < 1.29 is 13.2 Å². The molecule has 2 aromatic carbocycles. The van der Waals surface area contributed by atoms with Gasteiger partial charge in [-0.1, -0.05) is 61.9 Å². The van der Waals surface area contributed by atoms with Crippen LogP contribution in [0.4, 0.5) is 0 Å². The number of unbranched alkanes of at least 4 members (excludes halogenated alkanes) is 1. The van der Waals surface area contributed by atoms with Crippen LogP contribution in [0.15, 0.2) is 48.5 Å². The van der Waals surface area contributed by atoms with Crippen LogP contribution in [-0.4, -0.2) is 63.7 Å². The lowest BCUT2D eigenvalue weighted by Crippen LogP contribution is -2.31. The summed E-state index contributed by atoms with van der Waals surface area (Å²) in [5.74, 6) is 0.606. The van der Waals surface area contributed by atoms with Gasteiger partial charge in [0.25, 0.3) is 0 Å². The summed E-state index contributed by atoms with van der Waals surface area (Å²) in [4.78, 5) is 0. The number of nitrogens with one attached hydrogen (secondary N) is 1. The van der Waals surface area contributed by atoms with Crippen LogP contribution in [0, 0.1) is 0 Å². The Kier molecular flexibility index (Phi) is 7.92. The van der Waals surface area contributed by atoms with Crippen molar-refractivity contribution in [3.8, 4) is 22.5 Å². The van der Waals surface area contributed by atoms with Gasteiger partial charge in [0.1, 0.15) is 0 Å². The molecule has 0 atom stereocenters. The molecule has 10 nitrogen and oxygen atoms in total. The lowest BCUT2D eigenvalue weighted by Gasteiger charge is -2.14. The summed E-state index contributed by atoms with van der Waals surface area (Å²) in [6.45, 7) is 2.32. The van der Waals surface area contributed by atoms with Crippen molar-refractivity contribution in [1.82, 2.24) is 34.1 Å². The first-order chi connectivity index (χ1) is 17.4. The first-order valence-electron chi connectivity index (χ1n) is 11.8. The highest BCUT2D eigenvalue weighted by Gasteiger charge is 2.27. The molecule has 36 heavy (non-hydrogen) atoms. The summed E-state index contributed by atoms with van der Waals surface area (Å²) in [5, 5.41) is 18.7. The van der Waals surface area contributed by atoms with E-state index in [9.17, 15) is 8.42 Å². The number of ether oxygens (including phenoxy) is 1. The van der Waals surface area contributed by atoms with E-state index < -0.39 is 10.2 Å². The first kappa shape index (κ1) is 25.7. The van der Waals surface area contributed by atoms with Gasteiger partial charge in [-0.05, 0) is 40.0 Å². The summed E-state index contributed by atoms with van der Waals surface area (Å²) in [7, 11) is 0.865. The number of nitrogens with zero attached hydrogens (tertiary/aromatic N) is 6. The molecule has 1 N–H and O–H groups in total. The van der Waals surface area contributed by atoms with E-state index in [0.29, 0.717) is 30.1 Å². The van der Waals surface area contributed by atoms with Crippen LogP contribution < -0.4 is 0 Å². The van der Waals surface area contributed by atoms with E-state index in [1.165, 1.54) is 22.5 Å². The van der Waals surface area contributed by atoms with Crippen LogP contribution in [-0.2, 0) is 34.4 Å². The Morgan fingerprint density at radius 2 is 1.78 bits per heavy atom. The van der Waals surface area contributed by atoms with Crippen LogP contribution in [0.3, 0.4) is 0 Å². The third kappa shape index (κ3) is 5.23. The average Bonchev–Trinajstić information content (AvgIpc) is 3.53. The van der Waals surface area contributed by atoms with E-state index in [0.717, 1.165) is 40.7 Å². The highest BCUT2D eigenvalue weighted by atomic mass is 32.2. The monoisotopic (exact) mass is 509 g/mol. The largest absolute Gasteiger partial charge is 0.378 e. The van der Waals surface area contributed by atoms with Crippen LogP contribution in [0.5, 0.6) is 0 Å². The van der Waals surface area contributed by atoms with E-state index in [4.69, 9.17) is 4.74 Å². The zero-order chi connectivity index (χ0) is 25.7. The Labute approximate surface area is 211 Å². The fraction of sp³-hybridized carbons (Fsp3) is 0.360. The van der Waals surface area contributed by atoms with Crippen LogP contribution in [0.1, 0.15) is 42.3 Å². The van der Waals surface area contributed by atoms with Gasteiger partial charge < -0.3 is 4.74 Å². The number of hydrogen-bond acceptors (Lipinski definition) is 7. The van der Waals surface area contributed by atoms with Crippen LogP contribution in [0.2, 0.25) is 0 Å². The smallest absolute Gasteiger partial charge is 0.322 e. The molecule has 4 aromatic rings. The van der Waals surface area contributed by atoms with Crippen molar-refractivity contribution in [2.75, 3.05) is 21.2 Å². The minimum Gasteiger partial charge on any atom is -0.378 e. The number of methoxy groups -OCH3 is 1. The summed E-state index contributed by atoms with van der Waals surface area (Å²) in [5.41, 5.74) is 6.25. The Bertz CT molecular complexity index is 1400. The van der Waals surface area contributed by atoms with Crippen molar-refractivity contribution in [2.24, 2.45) is 0 Å². The zero-order valence-corrected chi connectivity index (χ0v) is 21.8. The molecule has 0 unspecified atom stereocenters. The molecule has 190 valence electrons. The lowest BCUT2D eigenvalue weighted by atomic mass is 9.96. The van der Waals surface area contributed by atoms with Gasteiger partial charge in [-0.3, -0.25) is 0 Å². The second-order valence-electron chi connectivity index (χ2n) is 8.71. The molecule has 0 amide bonds. The molecule has 0 fully saturated rings. The van der Waals surface area contributed by atoms with Gasteiger partial charge in [-0.15, -0.1) is 9.19 Å². The number of tetrazole rings is 1. The summed E-state index contributed by atoms with van der Waals surface area (Å²) >= 11 is 0. The SMILES string of the molecule is CCCCc1c(Cc2ccc(-c3ccccc3-c3nnn[nH]3)cc2)c(COC)nn1S(=O)(=O)N(C)C. The quantitative estimate of drug-likeness (QED) is 0.329. The van der Waals surface area contributed by atoms with Crippen molar-refractivity contribution in [2.45, 2.75) is 39.2 Å². The molecule has 0 radical (unpaired) electrons. The minimum atomic E-state index is -3.76. The molecule has 2 aromatic heterocycles. The molecule has 0 aliphatic carbocycles. The normalized spacial score (nSPS) is 11.9. The van der Waals surface area contributed by atoms with E-state index in [-0.39, 0.29) is 6.61 Å². The predicted octanol–water partition coefficient (Wildman–Crippen LogP) is 3.46. The Morgan fingerprint density at radius 3 is 2.39 bits per heavy atom. The van der Waals surface area contributed by atoms with Gasteiger partial charge in [0.2, 0.25) is 0 Å². The molecule has 0 saturated carbocycles. The van der Waals surface area contributed by atoms with Gasteiger partial charge in [0.05, 0.1) is 18.0 Å². The Balaban J connectivity index is 1.71. The molecular weight excluding hydrogens is 478 g/mol. The van der Waals surface area contributed by atoms with E-state index in [1.54, 1.807) is 7.11 Å². The van der Waals surface area contributed by atoms with Crippen molar-refractivity contribution in [1.29, 1.82) is 0 Å². The highest BCUT2D eigenvalue weighted by molar-refractivity contribution is 7.87. The number of H-pyrrole nitrogens is 1. The third-order valence-electron chi connectivity index (χ3n) is 6.04. The molecule has 0 aliphatic rings. The topological polar surface area (TPSA) is 119 Å². The van der Waals surface area contributed by atoms with E-state index in [1.807, 2.05) is 24.3 Å². The van der Waals surface area contributed by atoms with Gasteiger partial charge in [0, 0.05) is 38.8 Å². The van der Waals surface area contributed by atoms with Crippen molar-refractivity contribution in [3.63, 3.8) is 0 Å². The Morgan fingerprint density at radius 1 is 1.06 bits per heavy atom. The van der Waals surface area contributed by atoms with Crippen LogP contribution in [0.25, 0.3) is 22.5 Å². The first-order valence-corrected chi connectivity index (χ1v) is 13.2. The standard InChI is InChI=1S/C25H31N7O3S/c1-5-6-11-24-22(23(17-35-4)28-32(24)36(33,34)31(2)3)16-18-12-14-19(15-13-18)20-9-7-8-10-21(20)25-26-29-30-27-25/h7-10,12-15H,5-6,11,16-17H2,1-4H3,(H,26,27,29,30). The summed E-state index contributed by atoms with van der Waals surface area (Å²) in [6, 6.07) is 16.2. The zero-order valence-electron chi connectivity index (χ0n) is 21.0. The lowest BCUT2D eigenvalue weighted by molar-refractivity contribution is 0.180. The molecule has 0 spiro atoms. The van der Waals surface area contributed by atoms with Crippen LogP contribution >= 0.6 is 0 Å². The summed E-state index contributed by atoms with van der Waals surface area (Å²) < 4.78 is 33.8. The third-order valence-corrected chi connectivity index (χ3v) is 7.70. The van der Waals surface area contributed by atoms with Gasteiger partial charge in [0.15, 0.2) is 5.82 Å². The van der Waals surface area contributed by atoms with Crippen molar-refractivity contribution >= 4 is 10.2 Å². The number of rotatable bonds is 11. The van der Waals surface area contributed by atoms with Crippen molar-refractivity contribution in [3.05, 3.63) is 71.0 Å². The number of hydrogen-bond donors (Lipinski definition) is 1. The molecular formula is C25H31N7O3S. The number of aromatic amines is 1. The fourth-order valence-corrected chi connectivity index (χ4v) is 5.12. The molecule has 0 bridgehead atoms. The van der Waals surface area contributed by atoms with E-state index >= 15 is 0 Å². The molecule has 0 aliphatic heterocycles. The number of aromatic nitrogens is 6. The van der Waals surface area contributed by atoms with E-state index in [2.05, 4.69) is 56.9 Å². The molecule has 0 saturated heterocycles. The van der Waals surface area contributed by atoms with Gasteiger partial charge in [-0.2, -0.15) is 17.8 Å². The summed E-state index contributed by atoms with van der Waals surface area (Å²) in [6.07, 6.45) is 2.97. The second kappa shape index (κ2) is 11.1. The molecule has 4 rings (SSSR count). The van der Waals surface area contributed by atoms with Gasteiger partial charge in [-0.25, -0.2) is 5.10 Å². The maximum atomic E-state index is 13.0. The average molecular weight is 510 g/mol. The predicted molar refractivity (Wildman–Crippen MR) is 137 cm³/mol. The molecule has 2 heterocycles. The minimum absolute atomic E-state index is 0.237. The fourth-order valence-electron chi connectivity index (χ4n) is 4.13. The van der Waals surface area contributed by atoms with Gasteiger partial charge >= 0.3 is 10.2 Å². The second-order valence-corrected chi connectivity index (χ2v) is 10.7.